The Kier molecular flexibility index (Phi) is 5.87. The largest absolute Gasteiger partial charge is 0.616 e. The molecule has 1 aromatic heterocycles. The van der Waals surface area contributed by atoms with Crippen molar-refractivity contribution in [2.45, 2.75) is 38.1 Å². The van der Waals surface area contributed by atoms with Crippen LogP contribution in [0, 0.1) is 0 Å². The summed E-state index contributed by atoms with van der Waals surface area (Å²) < 4.78 is 13.3. The van der Waals surface area contributed by atoms with Gasteiger partial charge < -0.3 is 9.66 Å². The molecule has 1 aliphatic heterocycles. The summed E-state index contributed by atoms with van der Waals surface area (Å²) in [4.78, 5) is 43.1. The molecule has 2 heterocycles. The average Bonchev–Trinajstić information content (AvgIpc) is 2.74. The highest BCUT2D eigenvalue weighted by molar-refractivity contribution is 7.91. The van der Waals surface area contributed by atoms with Crippen molar-refractivity contribution in [1.29, 1.82) is 0 Å². The van der Waals surface area contributed by atoms with Crippen LogP contribution in [-0.2, 0) is 16.0 Å². The van der Waals surface area contributed by atoms with Crippen LogP contribution in [0.15, 0.2) is 52.7 Å². The zero-order chi connectivity index (χ0) is 21.3. The highest BCUT2D eigenvalue weighted by atomic mass is 32.2. The molecule has 0 bridgehead atoms. The molecule has 0 amide bonds. The Bertz CT molecular complexity index is 1070. The third kappa shape index (κ3) is 3.85. The van der Waals surface area contributed by atoms with E-state index in [0.29, 0.717) is 36.6 Å². The summed E-state index contributed by atoms with van der Waals surface area (Å²) in [6, 6.07) is 8.96. The summed E-state index contributed by atoms with van der Waals surface area (Å²) >= 11 is -0.908. The second kappa shape index (κ2) is 8.57. The first-order valence-corrected chi connectivity index (χ1v) is 11.5. The van der Waals surface area contributed by atoms with Crippen LogP contribution in [0.2, 0.25) is 0 Å². The second-order valence-electron chi connectivity index (χ2n) is 7.54. The maximum absolute atomic E-state index is 13.5. The number of rotatable bonds is 4. The number of ketones is 2. The first kappa shape index (κ1) is 20.6. The lowest BCUT2D eigenvalue weighted by Crippen LogP contribution is -2.36. The molecule has 156 valence electrons. The van der Waals surface area contributed by atoms with Crippen LogP contribution in [-0.4, -0.2) is 42.3 Å². The van der Waals surface area contributed by atoms with E-state index in [9.17, 15) is 24.0 Å². The molecule has 0 atom stereocenters. The van der Waals surface area contributed by atoms with Gasteiger partial charge in [0.2, 0.25) is 5.78 Å². The van der Waals surface area contributed by atoms with Crippen LogP contribution < -0.4 is 5.56 Å². The van der Waals surface area contributed by atoms with Crippen LogP contribution in [0.4, 0.5) is 0 Å². The standard InChI is InChI=1S/C22H22N2O5S/c25-17-7-4-8-18(26)19(17)20(27)16-13-23-21(14-5-2-1-3-6-14)24(22(16)28)15-9-11-30(29)12-10-15/h1-3,5-6,13,15,25H,4,7-12H2/t15-,30-. The summed E-state index contributed by atoms with van der Waals surface area (Å²) in [5.41, 5.74) is -0.330. The van der Waals surface area contributed by atoms with Gasteiger partial charge >= 0.3 is 0 Å². The van der Waals surface area contributed by atoms with Gasteiger partial charge in [0.1, 0.15) is 34.2 Å². The lowest BCUT2D eigenvalue weighted by atomic mass is 9.91. The number of carbonyl (C=O) groups is 2. The summed E-state index contributed by atoms with van der Waals surface area (Å²) in [6.45, 7) is 0. The van der Waals surface area contributed by atoms with Crippen LogP contribution in [0.25, 0.3) is 11.4 Å². The van der Waals surface area contributed by atoms with Gasteiger partial charge in [0.15, 0.2) is 5.78 Å². The Morgan fingerprint density at radius 2 is 1.83 bits per heavy atom. The smallest absolute Gasteiger partial charge is 0.265 e. The number of Topliss-reactive ketones (excluding diaryl/α,β-unsaturated/α-hetero) is 2. The van der Waals surface area contributed by atoms with Gasteiger partial charge in [-0.15, -0.1) is 0 Å². The molecule has 1 saturated heterocycles. The molecule has 1 aromatic carbocycles. The van der Waals surface area contributed by atoms with Crippen LogP contribution in [0.5, 0.6) is 0 Å². The van der Waals surface area contributed by atoms with Crippen LogP contribution in [0.1, 0.15) is 48.5 Å². The van der Waals surface area contributed by atoms with Gasteiger partial charge in [-0.05, 0) is 6.42 Å². The molecule has 1 fully saturated rings. The van der Waals surface area contributed by atoms with E-state index in [4.69, 9.17) is 0 Å². The van der Waals surface area contributed by atoms with Crippen LogP contribution in [0.3, 0.4) is 0 Å². The topological polar surface area (TPSA) is 112 Å². The van der Waals surface area contributed by atoms with Gasteiger partial charge in [-0.2, -0.15) is 0 Å². The van der Waals surface area contributed by atoms with Gasteiger partial charge in [0.05, 0.1) is 0 Å². The molecular formula is C22H22N2O5S. The predicted molar refractivity (Wildman–Crippen MR) is 113 cm³/mol. The Balaban J connectivity index is 1.84. The molecule has 0 radical (unpaired) electrons. The zero-order valence-electron chi connectivity index (χ0n) is 16.4. The molecule has 1 N–H and O–H groups in total. The minimum atomic E-state index is -0.908. The van der Waals surface area contributed by atoms with Crippen molar-refractivity contribution in [3.63, 3.8) is 0 Å². The number of carbonyl (C=O) groups excluding carboxylic acids is 2. The van der Waals surface area contributed by atoms with E-state index in [1.807, 2.05) is 30.3 Å². The van der Waals surface area contributed by atoms with E-state index in [1.165, 1.54) is 10.8 Å². The van der Waals surface area contributed by atoms with E-state index in [2.05, 4.69) is 4.98 Å². The first-order chi connectivity index (χ1) is 14.5. The normalized spacial score (nSPS) is 22.2. The second-order valence-corrected chi connectivity index (χ2v) is 9.24. The highest BCUT2D eigenvalue weighted by Crippen LogP contribution is 2.28. The summed E-state index contributed by atoms with van der Waals surface area (Å²) in [7, 11) is 0. The molecule has 2 aromatic rings. The molecule has 0 unspecified atom stereocenters. The fourth-order valence-electron chi connectivity index (χ4n) is 4.02. The van der Waals surface area contributed by atoms with E-state index in [-0.39, 0.29) is 35.8 Å². The van der Waals surface area contributed by atoms with E-state index in [1.54, 1.807) is 0 Å². The SMILES string of the molecule is O=C1CCCC(O)=C1C(=O)c1cnc(-c2ccccc2)n([C@H]2CC[S@+]([O-])CC2)c1=O. The summed E-state index contributed by atoms with van der Waals surface area (Å²) in [5, 5.41) is 10.1. The molecule has 8 heteroatoms. The molecule has 7 nitrogen and oxygen atoms in total. The lowest BCUT2D eigenvalue weighted by Gasteiger charge is -2.28. The van der Waals surface area contributed by atoms with Crippen molar-refractivity contribution in [2.75, 3.05) is 11.5 Å². The fourth-order valence-corrected chi connectivity index (χ4v) is 5.30. The van der Waals surface area contributed by atoms with Crippen molar-refractivity contribution in [3.8, 4) is 11.4 Å². The molecule has 0 saturated carbocycles. The van der Waals surface area contributed by atoms with Crippen molar-refractivity contribution < 1.29 is 19.2 Å². The number of aliphatic hydroxyl groups excluding tert-OH is 1. The number of benzene rings is 1. The Morgan fingerprint density at radius 3 is 2.50 bits per heavy atom. The molecule has 2 aliphatic rings. The van der Waals surface area contributed by atoms with Crippen molar-refractivity contribution in [2.24, 2.45) is 0 Å². The quantitative estimate of drug-likeness (QED) is 0.457. The number of aromatic nitrogens is 2. The van der Waals surface area contributed by atoms with Crippen molar-refractivity contribution in [1.82, 2.24) is 9.55 Å². The molecular weight excluding hydrogens is 404 g/mol. The molecule has 30 heavy (non-hydrogen) atoms. The molecule has 0 spiro atoms. The minimum Gasteiger partial charge on any atom is -0.616 e. The van der Waals surface area contributed by atoms with Gasteiger partial charge in [-0.3, -0.25) is 19.0 Å². The van der Waals surface area contributed by atoms with Crippen molar-refractivity contribution in [3.05, 3.63) is 63.8 Å². The summed E-state index contributed by atoms with van der Waals surface area (Å²) in [6.07, 6.45) is 3.17. The lowest BCUT2D eigenvalue weighted by molar-refractivity contribution is -0.116. The van der Waals surface area contributed by atoms with E-state index in [0.717, 1.165) is 5.56 Å². The van der Waals surface area contributed by atoms with Crippen molar-refractivity contribution >= 4 is 22.7 Å². The number of nitrogens with zero attached hydrogens (tertiary/aromatic N) is 2. The number of allylic oxidation sites excluding steroid dienone is 2. The fraction of sp³-hybridized carbons (Fsp3) is 0.364. The number of hydrogen-bond donors (Lipinski definition) is 1. The van der Waals surface area contributed by atoms with Gasteiger partial charge in [0, 0.05) is 43.5 Å². The van der Waals surface area contributed by atoms with Gasteiger partial charge in [0.25, 0.3) is 5.56 Å². The maximum Gasteiger partial charge on any atom is 0.265 e. The Labute approximate surface area is 176 Å². The third-order valence-electron chi connectivity index (χ3n) is 5.60. The predicted octanol–water partition coefficient (Wildman–Crippen LogP) is 2.74. The Hall–Kier alpha value is -2.71. The summed E-state index contributed by atoms with van der Waals surface area (Å²) in [5.74, 6) is -0.0928. The number of aliphatic hydroxyl groups is 1. The molecule has 1 aliphatic carbocycles. The van der Waals surface area contributed by atoms with E-state index < -0.39 is 28.3 Å². The van der Waals surface area contributed by atoms with Crippen LogP contribution >= 0.6 is 0 Å². The molecule has 4 rings (SSSR count). The Morgan fingerprint density at radius 1 is 1.13 bits per heavy atom. The van der Waals surface area contributed by atoms with Gasteiger partial charge in [-0.25, -0.2) is 4.98 Å². The zero-order valence-corrected chi connectivity index (χ0v) is 17.2. The first-order valence-electron chi connectivity index (χ1n) is 9.99. The van der Waals surface area contributed by atoms with Gasteiger partial charge in [-0.1, -0.05) is 41.5 Å². The average molecular weight is 426 g/mol. The third-order valence-corrected chi connectivity index (χ3v) is 6.99. The maximum atomic E-state index is 13.5. The van der Waals surface area contributed by atoms with E-state index >= 15 is 0 Å². The number of hydrogen-bond acceptors (Lipinski definition) is 6. The minimum absolute atomic E-state index is 0.170. The monoisotopic (exact) mass is 426 g/mol. The highest BCUT2D eigenvalue weighted by Gasteiger charge is 2.32.